The molecule has 138 valence electrons. The maximum Gasteiger partial charge on any atom is 0.240 e. The number of aliphatic hydroxyl groups excluding tert-OH is 1. The van der Waals surface area contributed by atoms with Gasteiger partial charge in [-0.3, -0.25) is 4.79 Å². The van der Waals surface area contributed by atoms with E-state index in [0.29, 0.717) is 47.2 Å². The molecule has 0 aliphatic carbocycles. The highest BCUT2D eigenvalue weighted by Gasteiger charge is 2.27. The van der Waals surface area contributed by atoms with E-state index in [2.05, 4.69) is 10.5 Å². The summed E-state index contributed by atoms with van der Waals surface area (Å²) in [6.45, 7) is 4.19. The minimum absolute atomic E-state index is 0.0138. The molecule has 0 aromatic heterocycles. The molecule has 1 atom stereocenters. The molecule has 1 aliphatic rings. The van der Waals surface area contributed by atoms with Crippen molar-refractivity contribution < 1.29 is 24.1 Å². The molecule has 2 rings (SSSR count). The van der Waals surface area contributed by atoms with Gasteiger partial charge in [-0.2, -0.15) is 5.10 Å². The summed E-state index contributed by atoms with van der Waals surface area (Å²) >= 11 is 6.52. The number of halogens is 1. The summed E-state index contributed by atoms with van der Waals surface area (Å²) in [4.78, 5) is 11.5. The first-order valence-corrected chi connectivity index (χ1v) is 8.42. The van der Waals surface area contributed by atoms with E-state index in [9.17, 15) is 4.79 Å². The average molecular weight is 371 g/mol. The maximum atomic E-state index is 11.5. The number of aliphatic hydroxyl groups is 1. The van der Waals surface area contributed by atoms with E-state index in [1.807, 2.05) is 19.9 Å². The van der Waals surface area contributed by atoms with Crippen LogP contribution in [-0.4, -0.2) is 43.8 Å². The predicted molar refractivity (Wildman–Crippen MR) is 94.4 cm³/mol. The number of methoxy groups -OCH3 is 1. The van der Waals surface area contributed by atoms with Gasteiger partial charge in [0.25, 0.3) is 0 Å². The van der Waals surface area contributed by atoms with Gasteiger partial charge < -0.3 is 19.3 Å². The zero-order chi connectivity index (χ0) is 18.4. The van der Waals surface area contributed by atoms with Crippen LogP contribution in [0.3, 0.4) is 0 Å². The van der Waals surface area contributed by atoms with Crippen molar-refractivity contribution in [2.75, 3.05) is 27.1 Å². The first-order chi connectivity index (χ1) is 12.0. The number of hydrogen-bond donors (Lipinski definition) is 2. The van der Waals surface area contributed by atoms with Gasteiger partial charge in [-0.1, -0.05) is 18.5 Å². The van der Waals surface area contributed by atoms with Crippen molar-refractivity contribution in [1.29, 1.82) is 0 Å². The van der Waals surface area contributed by atoms with Gasteiger partial charge in [0.1, 0.15) is 10.8 Å². The quantitative estimate of drug-likeness (QED) is 0.541. The van der Waals surface area contributed by atoms with E-state index in [-0.39, 0.29) is 25.2 Å². The number of aryl methyl sites for hydroxylation is 1. The molecule has 7 nitrogen and oxygen atoms in total. The smallest absolute Gasteiger partial charge is 0.240 e. The van der Waals surface area contributed by atoms with Crippen LogP contribution in [0.15, 0.2) is 11.2 Å². The largest absolute Gasteiger partial charge is 0.492 e. The molecule has 1 aromatic carbocycles. The number of rotatable bonds is 8. The second-order valence-corrected chi connectivity index (χ2v) is 6.20. The summed E-state index contributed by atoms with van der Waals surface area (Å²) in [5.74, 6) is 0.700. The van der Waals surface area contributed by atoms with Gasteiger partial charge in [0.15, 0.2) is 12.5 Å². The van der Waals surface area contributed by atoms with Crippen molar-refractivity contribution in [3.8, 4) is 11.5 Å². The normalized spacial score (nSPS) is 17.1. The highest BCUT2D eigenvalue weighted by molar-refractivity contribution is 6.34. The zero-order valence-corrected chi connectivity index (χ0v) is 15.4. The fraction of sp³-hybridized carbons (Fsp3) is 0.529. The van der Waals surface area contributed by atoms with Crippen molar-refractivity contribution >= 4 is 23.2 Å². The number of nitrogens with one attached hydrogen (secondary N) is 1. The SMILES string of the molecule is COCOc1c(C2=NNC(=O)CC2C)cc(C)c(OCCCO)c1Cl. The van der Waals surface area contributed by atoms with E-state index >= 15 is 0 Å². The van der Waals surface area contributed by atoms with Gasteiger partial charge in [0.05, 0.1) is 12.3 Å². The molecule has 25 heavy (non-hydrogen) atoms. The highest BCUT2D eigenvalue weighted by atomic mass is 35.5. The predicted octanol–water partition coefficient (Wildman–Crippen LogP) is 2.25. The summed E-state index contributed by atoms with van der Waals surface area (Å²) in [6, 6.07) is 1.87. The number of nitrogens with zero attached hydrogens (tertiary/aromatic N) is 1. The molecule has 1 unspecified atom stereocenters. The van der Waals surface area contributed by atoms with Crippen LogP contribution in [0.1, 0.15) is 30.9 Å². The third-order valence-electron chi connectivity index (χ3n) is 3.77. The lowest BCUT2D eigenvalue weighted by Crippen LogP contribution is -2.32. The monoisotopic (exact) mass is 370 g/mol. The Morgan fingerprint density at radius 3 is 2.80 bits per heavy atom. The van der Waals surface area contributed by atoms with Crippen LogP contribution < -0.4 is 14.9 Å². The van der Waals surface area contributed by atoms with Gasteiger partial charge in [-0.15, -0.1) is 0 Å². The second kappa shape index (κ2) is 9.03. The Morgan fingerprint density at radius 1 is 1.40 bits per heavy atom. The van der Waals surface area contributed by atoms with Crippen LogP contribution in [0.5, 0.6) is 11.5 Å². The number of ether oxygens (including phenoxy) is 3. The van der Waals surface area contributed by atoms with Crippen LogP contribution in [0.2, 0.25) is 5.02 Å². The molecule has 1 amide bonds. The molecule has 0 fully saturated rings. The Kier molecular flexibility index (Phi) is 7.04. The van der Waals surface area contributed by atoms with Crippen LogP contribution in [-0.2, 0) is 9.53 Å². The van der Waals surface area contributed by atoms with Gasteiger partial charge in [-0.25, -0.2) is 5.43 Å². The maximum absolute atomic E-state index is 11.5. The van der Waals surface area contributed by atoms with Gasteiger partial charge in [-0.05, 0) is 18.6 Å². The van der Waals surface area contributed by atoms with E-state index in [0.717, 1.165) is 5.56 Å². The summed E-state index contributed by atoms with van der Waals surface area (Å²) in [5.41, 5.74) is 4.70. The Labute approximate surface area is 151 Å². The molecule has 0 saturated carbocycles. The standard InChI is InChI=1S/C17H23ClN2O5/c1-10-8-13(22)19-20-15(10)12-7-11(2)16(24-6-4-5-21)14(18)17(12)25-9-23-3/h7,10,21H,4-6,8-9H2,1-3H3,(H,19,22). The Bertz CT molecular complexity index is 663. The number of amides is 1. The van der Waals surface area contributed by atoms with Crippen molar-refractivity contribution in [2.24, 2.45) is 11.0 Å². The third kappa shape index (κ3) is 4.62. The van der Waals surface area contributed by atoms with Crippen molar-refractivity contribution in [3.05, 3.63) is 22.2 Å². The Balaban J connectivity index is 2.46. The molecule has 0 bridgehead atoms. The third-order valence-corrected chi connectivity index (χ3v) is 4.11. The van der Waals surface area contributed by atoms with Crippen molar-refractivity contribution in [1.82, 2.24) is 5.43 Å². The number of benzene rings is 1. The van der Waals surface area contributed by atoms with Gasteiger partial charge in [0, 0.05) is 38.0 Å². The highest BCUT2D eigenvalue weighted by Crippen LogP contribution is 2.41. The first-order valence-electron chi connectivity index (χ1n) is 8.04. The molecule has 0 radical (unpaired) electrons. The van der Waals surface area contributed by atoms with E-state index in [1.54, 1.807) is 0 Å². The summed E-state index contributed by atoms with van der Waals surface area (Å²) in [5, 5.41) is 13.4. The fourth-order valence-electron chi connectivity index (χ4n) is 2.59. The van der Waals surface area contributed by atoms with Crippen molar-refractivity contribution in [3.63, 3.8) is 0 Å². The average Bonchev–Trinajstić information content (AvgIpc) is 2.57. The van der Waals surface area contributed by atoms with Crippen LogP contribution in [0, 0.1) is 12.8 Å². The minimum atomic E-state index is -0.123. The lowest BCUT2D eigenvalue weighted by molar-refractivity contribution is -0.121. The summed E-state index contributed by atoms with van der Waals surface area (Å²) in [7, 11) is 1.52. The lowest BCUT2D eigenvalue weighted by Gasteiger charge is -2.23. The van der Waals surface area contributed by atoms with Crippen LogP contribution in [0.4, 0.5) is 0 Å². The van der Waals surface area contributed by atoms with E-state index in [4.69, 9.17) is 30.9 Å². The molecule has 1 aliphatic heterocycles. The summed E-state index contributed by atoms with van der Waals surface area (Å²) in [6.07, 6.45) is 0.843. The molecular formula is C17H23ClN2O5. The van der Waals surface area contributed by atoms with Gasteiger partial charge in [0.2, 0.25) is 5.91 Å². The first kappa shape index (κ1) is 19.5. The molecule has 1 aromatic rings. The van der Waals surface area contributed by atoms with Crippen LogP contribution in [0.25, 0.3) is 0 Å². The number of carbonyl (C=O) groups is 1. The topological polar surface area (TPSA) is 89.4 Å². The van der Waals surface area contributed by atoms with E-state index < -0.39 is 0 Å². The molecule has 8 heteroatoms. The number of carbonyl (C=O) groups excluding carboxylic acids is 1. The molecule has 0 saturated heterocycles. The molecular weight excluding hydrogens is 348 g/mol. The Hall–Kier alpha value is -1.83. The zero-order valence-electron chi connectivity index (χ0n) is 14.6. The Morgan fingerprint density at radius 2 is 2.16 bits per heavy atom. The number of hydrogen-bond acceptors (Lipinski definition) is 6. The minimum Gasteiger partial charge on any atom is -0.492 e. The van der Waals surface area contributed by atoms with Crippen molar-refractivity contribution in [2.45, 2.75) is 26.7 Å². The fourth-order valence-corrected chi connectivity index (χ4v) is 2.95. The molecule has 2 N–H and O–H groups in total. The van der Waals surface area contributed by atoms with Gasteiger partial charge >= 0.3 is 0 Å². The number of hydrazone groups is 1. The summed E-state index contributed by atoms with van der Waals surface area (Å²) < 4.78 is 16.4. The second-order valence-electron chi connectivity index (χ2n) is 5.83. The van der Waals surface area contributed by atoms with E-state index in [1.165, 1.54) is 7.11 Å². The molecule has 1 heterocycles. The lowest BCUT2D eigenvalue weighted by atomic mass is 9.92. The molecule has 0 spiro atoms. The van der Waals surface area contributed by atoms with Crippen LogP contribution >= 0.6 is 11.6 Å².